The van der Waals surface area contributed by atoms with E-state index < -0.39 is 0 Å². The van der Waals surface area contributed by atoms with Crippen molar-refractivity contribution >= 4 is 29.1 Å². The first kappa shape index (κ1) is 19.9. The highest BCUT2D eigenvalue weighted by molar-refractivity contribution is 6.06. The maximum absolute atomic E-state index is 12.5. The molecule has 2 aromatic rings. The zero-order valence-electron chi connectivity index (χ0n) is 15.5. The molecular formula is C21H23N3O3. The van der Waals surface area contributed by atoms with Gasteiger partial charge in [-0.25, -0.2) is 0 Å². The van der Waals surface area contributed by atoms with E-state index in [1.54, 1.807) is 53.4 Å². The third kappa shape index (κ3) is 5.28. The molecular weight excluding hydrogens is 342 g/mol. The van der Waals surface area contributed by atoms with E-state index >= 15 is 0 Å². The third-order valence-corrected chi connectivity index (χ3v) is 4.00. The van der Waals surface area contributed by atoms with E-state index in [1.807, 2.05) is 13.8 Å². The summed E-state index contributed by atoms with van der Waals surface area (Å²) in [6.07, 6.45) is 1.16. The summed E-state index contributed by atoms with van der Waals surface area (Å²) in [5.74, 6) is -0.766. The van der Waals surface area contributed by atoms with E-state index in [4.69, 9.17) is 0 Å². The molecule has 2 rings (SSSR count). The van der Waals surface area contributed by atoms with Crippen LogP contribution in [0.4, 0.5) is 11.4 Å². The van der Waals surface area contributed by atoms with Crippen molar-refractivity contribution in [1.29, 1.82) is 0 Å². The summed E-state index contributed by atoms with van der Waals surface area (Å²) in [5, 5.41) is 5.39. The van der Waals surface area contributed by atoms with Gasteiger partial charge >= 0.3 is 0 Å². The van der Waals surface area contributed by atoms with Crippen molar-refractivity contribution in [2.45, 2.75) is 13.8 Å². The van der Waals surface area contributed by atoms with Gasteiger partial charge in [0.25, 0.3) is 11.8 Å². The summed E-state index contributed by atoms with van der Waals surface area (Å²) >= 11 is 0. The van der Waals surface area contributed by atoms with E-state index in [0.717, 1.165) is 6.08 Å². The Bertz CT molecular complexity index is 857. The average Bonchev–Trinajstić information content (AvgIpc) is 2.69. The predicted molar refractivity (Wildman–Crippen MR) is 107 cm³/mol. The van der Waals surface area contributed by atoms with Crippen LogP contribution in [-0.2, 0) is 4.79 Å². The van der Waals surface area contributed by atoms with Gasteiger partial charge in [0, 0.05) is 35.6 Å². The number of anilines is 2. The Morgan fingerprint density at radius 3 is 2.07 bits per heavy atom. The molecule has 0 bridgehead atoms. The molecule has 0 aliphatic heterocycles. The monoisotopic (exact) mass is 365 g/mol. The van der Waals surface area contributed by atoms with Crippen molar-refractivity contribution in [2.24, 2.45) is 0 Å². The largest absolute Gasteiger partial charge is 0.339 e. The maximum atomic E-state index is 12.5. The van der Waals surface area contributed by atoms with Crippen LogP contribution in [0, 0.1) is 0 Å². The van der Waals surface area contributed by atoms with E-state index in [2.05, 4.69) is 17.2 Å². The smallest absolute Gasteiger partial charge is 0.255 e. The molecule has 0 spiro atoms. The van der Waals surface area contributed by atoms with Gasteiger partial charge < -0.3 is 15.5 Å². The number of hydrogen-bond acceptors (Lipinski definition) is 3. The van der Waals surface area contributed by atoms with E-state index in [-0.39, 0.29) is 17.7 Å². The van der Waals surface area contributed by atoms with Crippen LogP contribution in [0.5, 0.6) is 0 Å². The molecule has 0 unspecified atom stereocenters. The Hall–Kier alpha value is -3.41. The van der Waals surface area contributed by atoms with Crippen molar-refractivity contribution in [3.63, 3.8) is 0 Å². The molecule has 0 atom stereocenters. The van der Waals surface area contributed by atoms with Gasteiger partial charge in [-0.2, -0.15) is 0 Å². The van der Waals surface area contributed by atoms with Gasteiger partial charge in [0.1, 0.15) is 0 Å². The van der Waals surface area contributed by atoms with Crippen LogP contribution in [0.25, 0.3) is 0 Å². The summed E-state index contributed by atoms with van der Waals surface area (Å²) in [7, 11) is 0. The van der Waals surface area contributed by atoms with E-state index in [0.29, 0.717) is 35.6 Å². The lowest BCUT2D eigenvalue weighted by molar-refractivity contribution is -0.111. The summed E-state index contributed by atoms with van der Waals surface area (Å²) in [4.78, 5) is 38.1. The van der Waals surface area contributed by atoms with Crippen LogP contribution in [0.2, 0.25) is 0 Å². The van der Waals surface area contributed by atoms with Gasteiger partial charge in [-0.1, -0.05) is 18.7 Å². The Morgan fingerprint density at radius 2 is 1.48 bits per heavy atom. The van der Waals surface area contributed by atoms with Gasteiger partial charge in [0.05, 0.1) is 0 Å². The molecule has 27 heavy (non-hydrogen) atoms. The quantitative estimate of drug-likeness (QED) is 0.737. The van der Waals surface area contributed by atoms with Gasteiger partial charge in [0.2, 0.25) is 5.91 Å². The Labute approximate surface area is 158 Å². The Kier molecular flexibility index (Phi) is 6.88. The van der Waals surface area contributed by atoms with Gasteiger partial charge in [-0.3, -0.25) is 14.4 Å². The summed E-state index contributed by atoms with van der Waals surface area (Å²) in [5.41, 5.74) is 1.93. The highest BCUT2D eigenvalue weighted by Gasteiger charge is 2.14. The molecule has 0 saturated carbocycles. The number of rotatable bonds is 7. The number of benzene rings is 2. The molecule has 0 aliphatic rings. The molecule has 6 heteroatoms. The first-order valence-electron chi connectivity index (χ1n) is 8.72. The highest BCUT2D eigenvalue weighted by Crippen LogP contribution is 2.16. The minimum Gasteiger partial charge on any atom is -0.339 e. The number of hydrogen-bond donors (Lipinski definition) is 2. The van der Waals surface area contributed by atoms with Crippen molar-refractivity contribution in [1.82, 2.24) is 4.90 Å². The minimum atomic E-state index is -0.352. The molecule has 0 aliphatic carbocycles. The van der Waals surface area contributed by atoms with Crippen LogP contribution in [0.15, 0.2) is 61.2 Å². The molecule has 2 aromatic carbocycles. The fourth-order valence-corrected chi connectivity index (χ4v) is 2.56. The zero-order chi connectivity index (χ0) is 19.8. The van der Waals surface area contributed by atoms with Gasteiger partial charge in [0.15, 0.2) is 0 Å². The van der Waals surface area contributed by atoms with Gasteiger partial charge in [-0.15, -0.1) is 0 Å². The normalized spacial score (nSPS) is 10.0. The molecule has 140 valence electrons. The number of nitrogens with one attached hydrogen (secondary N) is 2. The molecule has 0 heterocycles. The fourth-order valence-electron chi connectivity index (χ4n) is 2.56. The summed E-state index contributed by atoms with van der Waals surface area (Å²) in [6, 6.07) is 13.4. The second kappa shape index (κ2) is 9.33. The molecule has 0 aromatic heterocycles. The molecule has 6 nitrogen and oxygen atoms in total. The zero-order valence-corrected chi connectivity index (χ0v) is 15.5. The van der Waals surface area contributed by atoms with Crippen LogP contribution >= 0.6 is 0 Å². The van der Waals surface area contributed by atoms with Crippen molar-refractivity contribution in [2.75, 3.05) is 23.7 Å². The van der Waals surface area contributed by atoms with Crippen LogP contribution in [-0.4, -0.2) is 35.7 Å². The number of amides is 3. The molecule has 0 fully saturated rings. The van der Waals surface area contributed by atoms with Gasteiger partial charge in [-0.05, 0) is 56.3 Å². The summed E-state index contributed by atoms with van der Waals surface area (Å²) in [6.45, 7) is 8.48. The highest BCUT2D eigenvalue weighted by atomic mass is 16.2. The summed E-state index contributed by atoms with van der Waals surface area (Å²) < 4.78 is 0. The van der Waals surface area contributed by atoms with Crippen molar-refractivity contribution in [3.8, 4) is 0 Å². The topological polar surface area (TPSA) is 78.5 Å². The lowest BCUT2D eigenvalue weighted by Crippen LogP contribution is -2.30. The lowest BCUT2D eigenvalue weighted by Gasteiger charge is -2.19. The average molecular weight is 365 g/mol. The van der Waals surface area contributed by atoms with Crippen molar-refractivity contribution in [3.05, 3.63) is 72.3 Å². The van der Waals surface area contributed by atoms with Crippen LogP contribution in [0.3, 0.4) is 0 Å². The van der Waals surface area contributed by atoms with Crippen LogP contribution < -0.4 is 10.6 Å². The fraction of sp³-hybridized carbons (Fsp3) is 0.190. The molecule has 2 N–H and O–H groups in total. The SMILES string of the molecule is C=CC(=O)Nc1cccc(C(=O)Nc2cccc(C(=O)N(CC)CC)c2)c1. The minimum absolute atomic E-state index is 0.0785. The molecule has 0 radical (unpaired) electrons. The Balaban J connectivity index is 2.15. The predicted octanol–water partition coefficient (Wildman–Crippen LogP) is 3.55. The number of carbonyl (C=O) groups excluding carboxylic acids is 3. The van der Waals surface area contributed by atoms with Crippen LogP contribution in [0.1, 0.15) is 34.6 Å². The second-order valence-corrected chi connectivity index (χ2v) is 5.79. The van der Waals surface area contributed by atoms with E-state index in [1.165, 1.54) is 0 Å². The number of carbonyl (C=O) groups is 3. The maximum Gasteiger partial charge on any atom is 0.255 e. The standard InChI is InChI=1S/C21H23N3O3/c1-4-19(25)22-17-11-7-9-15(13-17)20(26)23-18-12-8-10-16(14-18)21(27)24(5-2)6-3/h4,7-14H,1,5-6H2,2-3H3,(H,22,25)(H,23,26). The lowest BCUT2D eigenvalue weighted by atomic mass is 10.1. The second-order valence-electron chi connectivity index (χ2n) is 5.79. The van der Waals surface area contributed by atoms with Crippen molar-refractivity contribution < 1.29 is 14.4 Å². The first-order chi connectivity index (χ1) is 13.0. The molecule has 0 saturated heterocycles. The first-order valence-corrected chi connectivity index (χ1v) is 8.72. The number of nitrogens with zero attached hydrogens (tertiary/aromatic N) is 1. The Morgan fingerprint density at radius 1 is 0.926 bits per heavy atom. The van der Waals surface area contributed by atoms with E-state index in [9.17, 15) is 14.4 Å². The molecule has 3 amide bonds. The third-order valence-electron chi connectivity index (χ3n) is 4.00.